The third kappa shape index (κ3) is 13.1. The maximum Gasteiger partial charge on any atom is 0.437 e. The van der Waals surface area contributed by atoms with Crippen molar-refractivity contribution >= 4 is 31.7 Å². The monoisotopic (exact) mass is 928 g/mol. The van der Waals surface area contributed by atoms with Crippen LogP contribution < -0.4 is 9.47 Å². The van der Waals surface area contributed by atoms with Crippen LogP contribution in [0.4, 0.5) is 13.2 Å². The summed E-state index contributed by atoms with van der Waals surface area (Å²) >= 11 is 0. The molecule has 64 heavy (non-hydrogen) atoms. The molecule has 0 radical (unpaired) electrons. The Kier molecular flexibility index (Phi) is 17.3. The van der Waals surface area contributed by atoms with E-state index in [4.69, 9.17) is 18.0 Å². The number of rotatable bonds is 20. The summed E-state index contributed by atoms with van der Waals surface area (Å²) in [5, 5.41) is 7.20. The maximum atomic E-state index is 14.3. The molecule has 15 heteroatoms. The first-order valence-electron chi connectivity index (χ1n) is 21.6. The van der Waals surface area contributed by atoms with E-state index in [1.54, 1.807) is 43.3 Å². The minimum Gasteiger partial charge on any atom is -0.493 e. The van der Waals surface area contributed by atoms with E-state index in [0.29, 0.717) is 45.7 Å². The van der Waals surface area contributed by atoms with E-state index in [2.05, 4.69) is 24.2 Å². The van der Waals surface area contributed by atoms with Crippen molar-refractivity contribution in [2.45, 2.75) is 148 Å². The predicted molar refractivity (Wildman–Crippen MR) is 247 cm³/mol. The fraction of sp³-hybridized carbons (Fsp3) is 0.469. The van der Waals surface area contributed by atoms with Crippen LogP contribution in [0.2, 0.25) is 0 Å². The second kappa shape index (κ2) is 21.4. The van der Waals surface area contributed by atoms with Crippen molar-refractivity contribution in [3.05, 3.63) is 117 Å². The summed E-state index contributed by atoms with van der Waals surface area (Å²) in [6.07, 6.45) is -4.60. The van der Waals surface area contributed by atoms with Crippen molar-refractivity contribution in [1.82, 2.24) is 0 Å². The molecule has 0 saturated carbocycles. The maximum absolute atomic E-state index is 14.3. The summed E-state index contributed by atoms with van der Waals surface area (Å²) in [4.78, 5) is -0.00460. The summed E-state index contributed by atoms with van der Waals surface area (Å²) in [5.41, 5.74) is 3.33. The van der Waals surface area contributed by atoms with Crippen molar-refractivity contribution in [2.75, 3.05) is 13.2 Å². The van der Waals surface area contributed by atoms with Gasteiger partial charge in [0.15, 0.2) is 5.71 Å². The van der Waals surface area contributed by atoms with E-state index >= 15 is 0 Å². The molecule has 0 fully saturated rings. The summed E-state index contributed by atoms with van der Waals surface area (Å²) in [5.74, 6) is 0.506. The van der Waals surface area contributed by atoms with Crippen LogP contribution in [0.1, 0.15) is 176 Å². The number of alkyl halides is 3. The molecule has 4 rings (SSSR count). The topological polar surface area (TPSA) is 130 Å². The van der Waals surface area contributed by atoms with Crippen LogP contribution in [0, 0.1) is 0 Å². The van der Waals surface area contributed by atoms with Crippen LogP contribution in [0.15, 0.2) is 92.9 Å². The fourth-order valence-corrected chi connectivity index (χ4v) is 9.75. The Morgan fingerprint density at radius 3 is 1.16 bits per heavy atom. The van der Waals surface area contributed by atoms with Gasteiger partial charge in [-0.3, -0.25) is 8.57 Å². The third-order valence-corrected chi connectivity index (χ3v) is 13.1. The van der Waals surface area contributed by atoms with Crippen LogP contribution in [0.5, 0.6) is 11.5 Å². The van der Waals surface area contributed by atoms with Gasteiger partial charge in [-0.05, 0) is 130 Å². The summed E-state index contributed by atoms with van der Waals surface area (Å²) in [6, 6.07) is 19.2. The van der Waals surface area contributed by atoms with E-state index < -0.39 is 37.7 Å². The van der Waals surface area contributed by atoms with Gasteiger partial charge in [0.2, 0.25) is 0 Å². The van der Waals surface area contributed by atoms with Gasteiger partial charge in [0.05, 0.1) is 18.9 Å². The lowest BCUT2D eigenvalue weighted by molar-refractivity contribution is -0.0597. The Hall–Kier alpha value is -4.89. The highest BCUT2D eigenvalue weighted by Gasteiger charge is 2.39. The van der Waals surface area contributed by atoms with Gasteiger partial charge in [-0.1, -0.05) is 118 Å². The lowest BCUT2D eigenvalue weighted by atomic mass is 9.89. The molecule has 0 aliphatic heterocycles. The van der Waals surface area contributed by atoms with Crippen molar-refractivity contribution in [3.8, 4) is 11.5 Å². The second-order valence-electron chi connectivity index (χ2n) is 17.8. The largest absolute Gasteiger partial charge is 0.493 e. The lowest BCUT2D eigenvalue weighted by Crippen LogP contribution is -2.25. The van der Waals surface area contributed by atoms with Gasteiger partial charge < -0.3 is 9.47 Å². The molecule has 0 aromatic heterocycles. The molecule has 0 aliphatic rings. The van der Waals surface area contributed by atoms with Crippen molar-refractivity contribution in [2.24, 2.45) is 10.3 Å². The minimum atomic E-state index is -5.04. The highest BCUT2D eigenvalue weighted by Crippen LogP contribution is 2.38. The van der Waals surface area contributed by atoms with Gasteiger partial charge in [0.25, 0.3) is 0 Å². The Labute approximate surface area is 378 Å². The molecule has 4 aromatic rings. The molecule has 10 nitrogen and oxygen atoms in total. The van der Waals surface area contributed by atoms with E-state index in [-0.39, 0.29) is 64.3 Å². The van der Waals surface area contributed by atoms with Crippen LogP contribution in [0.25, 0.3) is 0 Å². The Bertz CT molecular complexity index is 2450. The van der Waals surface area contributed by atoms with Gasteiger partial charge >= 0.3 is 26.4 Å². The smallest absolute Gasteiger partial charge is 0.437 e. The van der Waals surface area contributed by atoms with E-state index in [9.17, 15) is 30.0 Å². The van der Waals surface area contributed by atoms with Gasteiger partial charge in [-0.25, -0.2) is 0 Å². The second-order valence-corrected chi connectivity index (χ2v) is 20.7. The Morgan fingerprint density at radius 2 is 0.844 bits per heavy atom. The fourth-order valence-electron chi connectivity index (χ4n) is 6.88. The van der Waals surface area contributed by atoms with Crippen molar-refractivity contribution in [1.29, 1.82) is 0 Å². The number of halogens is 3. The van der Waals surface area contributed by atoms with Crippen LogP contribution in [-0.2, 0) is 28.8 Å². The zero-order valence-corrected chi connectivity index (χ0v) is 40.8. The molecule has 0 spiro atoms. The summed E-state index contributed by atoms with van der Waals surface area (Å²) in [7, 11) is -8.99. The molecule has 0 amide bonds. The molecule has 0 saturated heterocycles. The molecule has 0 atom stereocenters. The van der Waals surface area contributed by atoms with Crippen LogP contribution in [0.3, 0.4) is 0 Å². The number of oxime groups is 2. The normalized spacial score (nSPS) is 13.2. The van der Waals surface area contributed by atoms with Crippen LogP contribution in [-0.4, -0.2) is 47.6 Å². The highest BCUT2D eigenvalue weighted by molar-refractivity contribution is 7.87. The Balaban J connectivity index is 1.37. The first-order chi connectivity index (χ1) is 29.7. The standard InChI is InChI=1S/C49H63F3N2O8S2/c1-29(2)38-25-42(31(5)6)46(43(26-38)32(7)8)63(55,56)61-53-35(13)36-15-19-40(20-16-36)59-23-14-24-60-41-21-17-37(18-22-41)48(49(50,51)52)54-62-64(57,58)47-44(33(9)10)27-39(30(3)4)28-45(47)34(11)12/h15-22,25-34H,14,23-24H2,1-13H3/b53-35-,54-48+. The zero-order valence-electron chi connectivity index (χ0n) is 39.1. The molecule has 0 unspecified atom stereocenters. The molecular formula is C49H63F3N2O8S2. The Morgan fingerprint density at radius 1 is 0.516 bits per heavy atom. The number of hydrogen-bond donors (Lipinski definition) is 0. The predicted octanol–water partition coefficient (Wildman–Crippen LogP) is 13.1. The third-order valence-electron chi connectivity index (χ3n) is 10.7. The number of nitrogens with zero attached hydrogens (tertiary/aromatic N) is 2. The van der Waals surface area contributed by atoms with Gasteiger partial charge in [0, 0.05) is 12.0 Å². The first-order valence-corrected chi connectivity index (χ1v) is 24.5. The lowest BCUT2D eigenvalue weighted by Gasteiger charge is -2.21. The van der Waals surface area contributed by atoms with Crippen molar-refractivity contribution < 1.29 is 48.0 Å². The number of hydrogen-bond acceptors (Lipinski definition) is 10. The SMILES string of the molecule is C/C(=N/OS(=O)(=O)c1c(C(C)C)cc(C(C)C)cc1C(C)C)c1ccc(OCCCOc2ccc(/C(=N\OS(=O)(=O)c3c(C(C)C)cc(C(C)C)cc3C(C)C)C(F)(F)F)cc2)cc1. The zero-order chi connectivity index (χ0) is 47.9. The molecule has 0 bridgehead atoms. The molecule has 0 N–H and O–H groups in total. The van der Waals surface area contributed by atoms with E-state index in [1.165, 1.54) is 12.1 Å². The first kappa shape index (κ1) is 51.7. The summed E-state index contributed by atoms with van der Waals surface area (Å²) in [6.45, 7) is 25.3. The van der Waals surface area contributed by atoms with Gasteiger partial charge in [-0.2, -0.15) is 30.0 Å². The summed E-state index contributed by atoms with van der Waals surface area (Å²) < 4.78 is 119. The molecule has 4 aromatic carbocycles. The molecule has 0 aliphatic carbocycles. The molecule has 350 valence electrons. The van der Waals surface area contributed by atoms with Gasteiger partial charge in [-0.15, -0.1) is 0 Å². The number of benzene rings is 4. The molecule has 0 heterocycles. The average molecular weight is 929 g/mol. The van der Waals surface area contributed by atoms with Gasteiger partial charge in [0.1, 0.15) is 21.3 Å². The number of ether oxygens (including phenoxy) is 2. The quantitative estimate of drug-likeness (QED) is 0.0486. The van der Waals surface area contributed by atoms with Crippen LogP contribution >= 0.6 is 0 Å². The van der Waals surface area contributed by atoms with E-state index in [0.717, 1.165) is 23.3 Å². The van der Waals surface area contributed by atoms with Crippen molar-refractivity contribution in [3.63, 3.8) is 0 Å². The minimum absolute atomic E-state index is 0.0600. The van der Waals surface area contributed by atoms with E-state index in [1.807, 2.05) is 81.4 Å². The average Bonchev–Trinajstić information content (AvgIpc) is 3.21. The highest BCUT2D eigenvalue weighted by atomic mass is 32.2. The molecular weight excluding hydrogens is 866 g/mol.